The second-order valence-corrected chi connectivity index (χ2v) is 7.96. The Morgan fingerprint density at radius 1 is 1.07 bits per heavy atom. The van der Waals surface area contributed by atoms with Gasteiger partial charge in [-0.3, -0.25) is 9.69 Å². The monoisotopic (exact) mass is 382 g/mol. The lowest BCUT2D eigenvalue weighted by molar-refractivity contribution is -0.137. The third kappa shape index (κ3) is 3.82. The minimum absolute atomic E-state index is 0.0937. The van der Waals surface area contributed by atoms with E-state index in [2.05, 4.69) is 17.0 Å². The van der Waals surface area contributed by atoms with Crippen LogP contribution >= 0.6 is 0 Å². The molecule has 28 heavy (non-hydrogen) atoms. The molecule has 5 heteroatoms. The summed E-state index contributed by atoms with van der Waals surface area (Å²) in [5.74, 6) is -0.00945. The van der Waals surface area contributed by atoms with Crippen LogP contribution in [0.5, 0.6) is 0 Å². The molecule has 0 spiro atoms. The zero-order chi connectivity index (χ0) is 19.6. The molecule has 2 aromatic carbocycles. The number of halogens is 1. The van der Waals surface area contributed by atoms with Crippen LogP contribution in [0.1, 0.15) is 30.4 Å². The van der Waals surface area contributed by atoms with Crippen LogP contribution < -0.4 is 0 Å². The van der Waals surface area contributed by atoms with Crippen molar-refractivity contribution in [1.82, 2.24) is 9.80 Å². The molecule has 1 saturated carbocycles. The fraction of sp³-hybridized carbons (Fsp3) is 0.435. The number of hydrogen-bond donors (Lipinski definition) is 1. The molecule has 1 amide bonds. The van der Waals surface area contributed by atoms with Gasteiger partial charge in [-0.15, -0.1) is 0 Å². The molecule has 0 aromatic heterocycles. The maximum Gasteiger partial charge on any atom is 0.233 e. The van der Waals surface area contributed by atoms with Gasteiger partial charge in [0.15, 0.2) is 0 Å². The molecule has 2 aliphatic rings. The van der Waals surface area contributed by atoms with Crippen molar-refractivity contribution in [3.63, 3.8) is 0 Å². The van der Waals surface area contributed by atoms with Gasteiger partial charge in [-0.2, -0.15) is 0 Å². The second-order valence-electron chi connectivity index (χ2n) is 7.96. The maximum atomic E-state index is 13.3. The first kappa shape index (κ1) is 19.1. The Balaban J connectivity index is 1.45. The molecule has 1 unspecified atom stereocenters. The molecule has 2 fully saturated rings. The number of carbonyl (C=O) groups excluding carboxylic acids is 1. The molecule has 1 aliphatic heterocycles. The number of carbonyl (C=O) groups is 1. The first-order valence-electron chi connectivity index (χ1n) is 10.1. The molecular weight excluding hydrogens is 355 g/mol. The van der Waals surface area contributed by atoms with E-state index in [-0.39, 0.29) is 29.8 Å². The van der Waals surface area contributed by atoms with Crippen LogP contribution in [-0.2, 0) is 16.8 Å². The molecule has 1 saturated heterocycles. The van der Waals surface area contributed by atoms with Crippen LogP contribution in [0, 0.1) is 5.82 Å². The van der Waals surface area contributed by atoms with Crippen LogP contribution in [0.3, 0.4) is 0 Å². The van der Waals surface area contributed by atoms with Gasteiger partial charge in [0.25, 0.3) is 0 Å². The number of hydrogen-bond acceptors (Lipinski definition) is 3. The molecule has 1 atom stereocenters. The summed E-state index contributed by atoms with van der Waals surface area (Å²) in [5.41, 5.74) is 1.82. The van der Waals surface area contributed by atoms with Crippen molar-refractivity contribution in [2.24, 2.45) is 0 Å². The number of rotatable bonds is 6. The smallest absolute Gasteiger partial charge is 0.233 e. The van der Waals surface area contributed by atoms with Gasteiger partial charge in [0.2, 0.25) is 5.91 Å². The predicted molar refractivity (Wildman–Crippen MR) is 106 cm³/mol. The molecule has 1 N–H and O–H groups in total. The summed E-state index contributed by atoms with van der Waals surface area (Å²) in [6.07, 6.45) is 2.45. The molecule has 1 aliphatic carbocycles. The minimum Gasteiger partial charge on any atom is -0.396 e. The number of benzene rings is 2. The van der Waals surface area contributed by atoms with E-state index in [1.165, 1.54) is 12.1 Å². The first-order chi connectivity index (χ1) is 13.6. The standard InChI is InChI=1S/C23H27FN2O2/c24-20-8-6-18(7-9-20)16-25-13-14-26(17-21(25)10-15-27)22(28)23(11-12-23)19-4-2-1-3-5-19/h1-9,21,27H,10-17H2. The van der Waals surface area contributed by atoms with Crippen molar-refractivity contribution in [2.45, 2.75) is 37.3 Å². The van der Waals surface area contributed by atoms with E-state index in [0.29, 0.717) is 26.1 Å². The second kappa shape index (κ2) is 8.02. The molecule has 0 bridgehead atoms. The zero-order valence-electron chi connectivity index (χ0n) is 16.1. The number of amides is 1. The molecule has 1 heterocycles. The van der Waals surface area contributed by atoms with Crippen molar-refractivity contribution in [1.29, 1.82) is 0 Å². The van der Waals surface area contributed by atoms with Crippen molar-refractivity contribution in [3.05, 3.63) is 71.5 Å². The van der Waals surface area contributed by atoms with Gasteiger partial charge >= 0.3 is 0 Å². The Bertz CT molecular complexity index is 805. The lowest BCUT2D eigenvalue weighted by atomic mass is 9.93. The number of aliphatic hydroxyl groups excluding tert-OH is 1. The number of nitrogens with zero attached hydrogens (tertiary/aromatic N) is 2. The van der Waals surface area contributed by atoms with E-state index >= 15 is 0 Å². The summed E-state index contributed by atoms with van der Waals surface area (Å²) in [4.78, 5) is 17.6. The summed E-state index contributed by atoms with van der Waals surface area (Å²) < 4.78 is 13.2. The quantitative estimate of drug-likeness (QED) is 0.835. The van der Waals surface area contributed by atoms with Gasteiger partial charge < -0.3 is 10.0 Å². The van der Waals surface area contributed by atoms with E-state index in [1.807, 2.05) is 23.1 Å². The largest absolute Gasteiger partial charge is 0.396 e. The van der Waals surface area contributed by atoms with Gasteiger partial charge in [0.1, 0.15) is 5.82 Å². The van der Waals surface area contributed by atoms with Crippen molar-refractivity contribution in [3.8, 4) is 0 Å². The lowest BCUT2D eigenvalue weighted by Crippen LogP contribution is -2.56. The van der Waals surface area contributed by atoms with E-state index < -0.39 is 0 Å². The first-order valence-corrected chi connectivity index (χ1v) is 10.1. The van der Waals surface area contributed by atoms with Gasteiger partial charge in [0.05, 0.1) is 5.41 Å². The lowest BCUT2D eigenvalue weighted by Gasteiger charge is -2.42. The average molecular weight is 382 g/mol. The highest BCUT2D eigenvalue weighted by Gasteiger charge is 2.53. The molecule has 2 aromatic rings. The van der Waals surface area contributed by atoms with Gasteiger partial charge in [-0.05, 0) is 42.5 Å². The minimum atomic E-state index is -0.343. The molecule has 4 rings (SSSR count). The van der Waals surface area contributed by atoms with Gasteiger partial charge in [0, 0.05) is 38.8 Å². The van der Waals surface area contributed by atoms with Crippen molar-refractivity contribution >= 4 is 5.91 Å². The number of piperazine rings is 1. The normalized spacial score (nSPS) is 21.5. The van der Waals surface area contributed by atoms with Crippen LogP contribution in [0.2, 0.25) is 0 Å². The summed E-state index contributed by atoms with van der Waals surface area (Å²) >= 11 is 0. The summed E-state index contributed by atoms with van der Waals surface area (Å²) in [6.45, 7) is 2.89. The van der Waals surface area contributed by atoms with E-state index in [0.717, 1.165) is 30.5 Å². The third-order valence-electron chi connectivity index (χ3n) is 6.14. The van der Waals surface area contributed by atoms with Crippen molar-refractivity contribution in [2.75, 3.05) is 26.2 Å². The topological polar surface area (TPSA) is 43.8 Å². The molecule has 148 valence electrons. The van der Waals surface area contributed by atoms with E-state index in [9.17, 15) is 14.3 Å². The van der Waals surface area contributed by atoms with Crippen LogP contribution in [-0.4, -0.2) is 53.1 Å². The van der Waals surface area contributed by atoms with Gasteiger partial charge in [-0.25, -0.2) is 4.39 Å². The Labute approximate surface area is 165 Å². The highest BCUT2D eigenvalue weighted by atomic mass is 19.1. The zero-order valence-corrected chi connectivity index (χ0v) is 16.1. The Morgan fingerprint density at radius 2 is 1.79 bits per heavy atom. The average Bonchev–Trinajstić information content (AvgIpc) is 3.53. The highest BCUT2D eigenvalue weighted by molar-refractivity contribution is 5.91. The third-order valence-corrected chi connectivity index (χ3v) is 6.14. The van der Waals surface area contributed by atoms with Crippen LogP contribution in [0.4, 0.5) is 4.39 Å². The van der Waals surface area contributed by atoms with E-state index in [4.69, 9.17) is 0 Å². The van der Waals surface area contributed by atoms with E-state index in [1.54, 1.807) is 12.1 Å². The SMILES string of the molecule is O=C(N1CCN(Cc2ccc(F)cc2)C(CCO)C1)C1(c2ccccc2)CC1. The Kier molecular flexibility index (Phi) is 5.47. The van der Waals surface area contributed by atoms with Crippen LogP contribution in [0.15, 0.2) is 54.6 Å². The summed E-state index contributed by atoms with van der Waals surface area (Å²) in [6, 6.07) is 16.8. The fourth-order valence-electron chi connectivity index (χ4n) is 4.34. The predicted octanol–water partition coefficient (Wildman–Crippen LogP) is 2.95. The Hall–Kier alpha value is -2.24. The fourth-order valence-corrected chi connectivity index (χ4v) is 4.34. The molecular formula is C23H27FN2O2. The highest BCUT2D eigenvalue weighted by Crippen LogP contribution is 2.49. The Morgan fingerprint density at radius 3 is 2.43 bits per heavy atom. The summed E-state index contributed by atoms with van der Waals surface area (Å²) in [7, 11) is 0. The summed E-state index contributed by atoms with van der Waals surface area (Å²) in [5, 5.41) is 9.53. The number of aliphatic hydroxyl groups is 1. The molecule has 0 radical (unpaired) electrons. The van der Waals surface area contributed by atoms with Crippen molar-refractivity contribution < 1.29 is 14.3 Å². The molecule has 4 nitrogen and oxygen atoms in total. The maximum absolute atomic E-state index is 13.3. The van der Waals surface area contributed by atoms with Gasteiger partial charge in [-0.1, -0.05) is 42.5 Å². The van der Waals surface area contributed by atoms with Crippen LogP contribution in [0.25, 0.3) is 0 Å².